The molecule has 84 valence electrons. The Balaban J connectivity index is 2.29. The van der Waals surface area contributed by atoms with Crippen LogP contribution in [0.1, 0.15) is 12.5 Å². The standard InChI is InChI=1S/C12H11ClO3/c1-2-15-12(14)5-8-7-16-11-4-3-9(13)6-10(8)11/h3-6H,2,7H2,1H3/b8-5+. The third kappa shape index (κ3) is 2.19. The molecule has 0 fully saturated rings. The summed E-state index contributed by atoms with van der Waals surface area (Å²) in [6.07, 6.45) is 1.45. The first-order chi connectivity index (χ1) is 7.70. The summed E-state index contributed by atoms with van der Waals surface area (Å²) in [7, 11) is 0. The predicted octanol–water partition coefficient (Wildman–Crippen LogP) is 2.68. The molecule has 0 unspecified atom stereocenters. The Kier molecular flexibility index (Phi) is 3.15. The smallest absolute Gasteiger partial charge is 0.331 e. The number of fused-ring (bicyclic) bond motifs is 1. The molecule has 1 heterocycles. The van der Waals surface area contributed by atoms with Gasteiger partial charge < -0.3 is 9.47 Å². The van der Waals surface area contributed by atoms with Crippen LogP contribution in [0.3, 0.4) is 0 Å². The van der Waals surface area contributed by atoms with Crippen molar-refractivity contribution in [3.05, 3.63) is 34.9 Å². The number of halogens is 1. The van der Waals surface area contributed by atoms with Crippen LogP contribution in [0.2, 0.25) is 5.02 Å². The molecule has 0 saturated carbocycles. The summed E-state index contributed by atoms with van der Waals surface area (Å²) in [6, 6.07) is 5.34. The summed E-state index contributed by atoms with van der Waals surface area (Å²) in [5.74, 6) is 0.397. The van der Waals surface area contributed by atoms with Crippen molar-refractivity contribution in [2.24, 2.45) is 0 Å². The Morgan fingerprint density at radius 2 is 2.44 bits per heavy atom. The highest BCUT2D eigenvalue weighted by Gasteiger charge is 2.19. The molecule has 0 amide bonds. The van der Waals surface area contributed by atoms with Crippen LogP contribution >= 0.6 is 11.6 Å². The lowest BCUT2D eigenvalue weighted by atomic mass is 10.1. The molecular formula is C12H11ClO3. The fourth-order valence-corrected chi connectivity index (χ4v) is 1.73. The molecule has 0 spiro atoms. The summed E-state index contributed by atoms with van der Waals surface area (Å²) in [4.78, 5) is 11.3. The summed E-state index contributed by atoms with van der Waals surface area (Å²) in [6.45, 7) is 2.52. The van der Waals surface area contributed by atoms with Crippen molar-refractivity contribution in [2.75, 3.05) is 13.2 Å². The number of benzene rings is 1. The second-order valence-corrected chi connectivity index (χ2v) is 3.79. The SMILES string of the molecule is CCOC(=O)/C=C1\COc2ccc(Cl)cc21. The van der Waals surface area contributed by atoms with Crippen LogP contribution in [-0.4, -0.2) is 19.2 Å². The molecule has 1 aliphatic heterocycles. The van der Waals surface area contributed by atoms with Gasteiger partial charge in [-0.1, -0.05) is 11.6 Å². The lowest BCUT2D eigenvalue weighted by Gasteiger charge is -1.99. The van der Waals surface area contributed by atoms with Crippen LogP contribution in [0.15, 0.2) is 24.3 Å². The van der Waals surface area contributed by atoms with E-state index in [0.717, 1.165) is 16.9 Å². The third-order valence-electron chi connectivity index (χ3n) is 2.25. The number of hydrogen-bond acceptors (Lipinski definition) is 3. The quantitative estimate of drug-likeness (QED) is 0.587. The van der Waals surface area contributed by atoms with Gasteiger partial charge in [0.25, 0.3) is 0 Å². The van der Waals surface area contributed by atoms with Crippen LogP contribution in [0.25, 0.3) is 5.57 Å². The van der Waals surface area contributed by atoms with Crippen LogP contribution in [0, 0.1) is 0 Å². The summed E-state index contributed by atoms with van der Waals surface area (Å²) < 4.78 is 10.3. The molecule has 4 heteroatoms. The number of carbonyl (C=O) groups excluding carboxylic acids is 1. The molecule has 0 aliphatic carbocycles. The molecule has 0 radical (unpaired) electrons. The van der Waals surface area contributed by atoms with Crippen LogP contribution in [0.5, 0.6) is 5.75 Å². The van der Waals surface area contributed by atoms with Gasteiger partial charge in [-0.15, -0.1) is 0 Å². The van der Waals surface area contributed by atoms with E-state index in [0.29, 0.717) is 18.2 Å². The molecule has 0 bridgehead atoms. The van der Waals surface area contributed by atoms with Gasteiger partial charge in [0, 0.05) is 22.2 Å². The summed E-state index contributed by atoms with van der Waals surface area (Å²) >= 11 is 5.89. The molecular weight excluding hydrogens is 228 g/mol. The largest absolute Gasteiger partial charge is 0.488 e. The van der Waals surface area contributed by atoms with E-state index in [1.165, 1.54) is 6.08 Å². The lowest BCUT2D eigenvalue weighted by Crippen LogP contribution is -2.01. The topological polar surface area (TPSA) is 35.5 Å². The van der Waals surface area contributed by atoms with E-state index in [-0.39, 0.29) is 5.97 Å². The maximum absolute atomic E-state index is 11.3. The van der Waals surface area contributed by atoms with Crippen LogP contribution in [-0.2, 0) is 9.53 Å². The monoisotopic (exact) mass is 238 g/mol. The summed E-state index contributed by atoms with van der Waals surface area (Å²) in [5, 5.41) is 0.624. The average molecular weight is 239 g/mol. The van der Waals surface area contributed by atoms with Gasteiger partial charge in [-0.3, -0.25) is 0 Å². The first kappa shape index (κ1) is 11.0. The normalized spacial score (nSPS) is 15.8. The van der Waals surface area contributed by atoms with Gasteiger partial charge in [0.1, 0.15) is 12.4 Å². The second kappa shape index (κ2) is 4.58. The Bertz CT molecular complexity index is 452. The Labute approximate surface area is 98.6 Å². The van der Waals surface area contributed by atoms with E-state index in [1.807, 2.05) is 0 Å². The molecule has 1 aliphatic rings. The molecule has 0 atom stereocenters. The van der Waals surface area contributed by atoms with E-state index in [4.69, 9.17) is 21.1 Å². The van der Waals surface area contributed by atoms with E-state index >= 15 is 0 Å². The summed E-state index contributed by atoms with van der Waals surface area (Å²) in [5.41, 5.74) is 1.66. The minimum atomic E-state index is -0.353. The minimum Gasteiger partial charge on any atom is -0.488 e. The first-order valence-electron chi connectivity index (χ1n) is 5.00. The van der Waals surface area contributed by atoms with Crippen LogP contribution < -0.4 is 4.74 Å². The lowest BCUT2D eigenvalue weighted by molar-refractivity contribution is -0.137. The van der Waals surface area contributed by atoms with Crippen molar-refractivity contribution in [2.45, 2.75) is 6.92 Å². The van der Waals surface area contributed by atoms with Gasteiger partial charge in [0.2, 0.25) is 0 Å². The molecule has 2 rings (SSSR count). The van der Waals surface area contributed by atoms with Gasteiger partial charge >= 0.3 is 5.97 Å². The molecule has 3 nitrogen and oxygen atoms in total. The zero-order valence-corrected chi connectivity index (χ0v) is 9.58. The molecule has 1 aromatic carbocycles. The molecule has 1 aromatic rings. The van der Waals surface area contributed by atoms with Crippen molar-refractivity contribution < 1.29 is 14.3 Å². The van der Waals surface area contributed by atoms with E-state index in [2.05, 4.69) is 0 Å². The van der Waals surface area contributed by atoms with Gasteiger partial charge in [-0.05, 0) is 25.1 Å². The van der Waals surface area contributed by atoms with E-state index < -0.39 is 0 Å². The zero-order valence-electron chi connectivity index (χ0n) is 8.83. The van der Waals surface area contributed by atoms with Crippen molar-refractivity contribution in [1.82, 2.24) is 0 Å². The number of hydrogen-bond donors (Lipinski definition) is 0. The van der Waals surface area contributed by atoms with Gasteiger partial charge in [-0.2, -0.15) is 0 Å². The Morgan fingerprint density at radius 3 is 3.19 bits per heavy atom. The molecule has 16 heavy (non-hydrogen) atoms. The Hall–Kier alpha value is -1.48. The second-order valence-electron chi connectivity index (χ2n) is 3.35. The minimum absolute atomic E-state index is 0.353. The highest BCUT2D eigenvalue weighted by Crippen LogP contribution is 2.34. The number of esters is 1. The third-order valence-corrected chi connectivity index (χ3v) is 2.48. The number of ether oxygens (including phenoxy) is 2. The van der Waals surface area contributed by atoms with Crippen molar-refractivity contribution in [1.29, 1.82) is 0 Å². The first-order valence-corrected chi connectivity index (χ1v) is 5.38. The highest BCUT2D eigenvalue weighted by molar-refractivity contribution is 6.30. The van der Waals surface area contributed by atoms with E-state index in [9.17, 15) is 4.79 Å². The van der Waals surface area contributed by atoms with Crippen LogP contribution in [0.4, 0.5) is 0 Å². The van der Waals surface area contributed by atoms with E-state index in [1.54, 1.807) is 25.1 Å². The van der Waals surface area contributed by atoms with Crippen molar-refractivity contribution in [3.8, 4) is 5.75 Å². The number of carbonyl (C=O) groups is 1. The maximum Gasteiger partial charge on any atom is 0.331 e. The molecule has 0 N–H and O–H groups in total. The molecule has 0 saturated heterocycles. The van der Waals surface area contributed by atoms with Gasteiger partial charge in [0.15, 0.2) is 0 Å². The Morgan fingerprint density at radius 1 is 1.62 bits per heavy atom. The fraction of sp³-hybridized carbons (Fsp3) is 0.250. The van der Waals surface area contributed by atoms with Gasteiger partial charge in [0.05, 0.1) is 6.61 Å². The predicted molar refractivity (Wildman–Crippen MR) is 61.6 cm³/mol. The fourth-order valence-electron chi connectivity index (χ4n) is 1.56. The highest BCUT2D eigenvalue weighted by atomic mass is 35.5. The zero-order chi connectivity index (χ0) is 11.5. The van der Waals surface area contributed by atoms with Crippen molar-refractivity contribution in [3.63, 3.8) is 0 Å². The molecule has 0 aromatic heterocycles. The van der Waals surface area contributed by atoms with Gasteiger partial charge in [-0.25, -0.2) is 4.79 Å². The average Bonchev–Trinajstić information content (AvgIpc) is 2.61. The maximum atomic E-state index is 11.3. The van der Waals surface area contributed by atoms with Crippen molar-refractivity contribution >= 4 is 23.1 Å². The number of rotatable bonds is 2.